The summed E-state index contributed by atoms with van der Waals surface area (Å²) in [5.74, 6) is 0.499. The highest BCUT2D eigenvalue weighted by atomic mass is 79.9. The fraction of sp³-hybridized carbons (Fsp3) is 0.588. The van der Waals surface area contributed by atoms with Crippen LogP contribution in [0, 0.1) is 0 Å². The Hall–Kier alpha value is -1.47. The first kappa shape index (κ1) is 20.6. The Morgan fingerprint density at radius 2 is 2.04 bits per heavy atom. The Balaban J connectivity index is 2.53. The highest BCUT2D eigenvalue weighted by Crippen LogP contribution is 2.35. The fourth-order valence-corrected chi connectivity index (χ4v) is 2.54. The Kier molecular flexibility index (Phi) is 7.83. The van der Waals surface area contributed by atoms with Gasteiger partial charge in [0, 0.05) is 19.1 Å². The van der Waals surface area contributed by atoms with E-state index in [1.165, 1.54) is 7.11 Å². The fourth-order valence-electron chi connectivity index (χ4n) is 2.05. The number of carbonyl (C=O) groups excluding carboxylic acids is 1. The van der Waals surface area contributed by atoms with Crippen molar-refractivity contribution >= 4 is 22.0 Å². The van der Waals surface area contributed by atoms with E-state index in [1.54, 1.807) is 6.07 Å². The predicted octanol–water partition coefficient (Wildman–Crippen LogP) is 3.56. The van der Waals surface area contributed by atoms with E-state index in [0.29, 0.717) is 23.3 Å². The van der Waals surface area contributed by atoms with Gasteiger partial charge in [0.05, 0.1) is 11.6 Å². The highest BCUT2D eigenvalue weighted by molar-refractivity contribution is 9.10. The normalized spacial score (nSPS) is 12.6. The number of carbonyl (C=O) groups is 1. The Morgan fingerprint density at radius 1 is 1.38 bits per heavy atom. The van der Waals surface area contributed by atoms with Crippen molar-refractivity contribution in [1.82, 2.24) is 10.6 Å². The molecule has 1 amide bonds. The van der Waals surface area contributed by atoms with E-state index in [4.69, 9.17) is 9.47 Å². The molecule has 0 heterocycles. The number of hydrogen-bond donors (Lipinski definition) is 3. The standard InChI is InChI=1S/C17H27BrN2O4/c1-6-12(20-16(22)24-17(2,3)4)10-19-9-11-7-13(18)15(21)14(8-11)23-5/h7-8,12,19,21H,6,9-10H2,1-5H3,(H,20,22). The van der Waals surface area contributed by atoms with Crippen LogP contribution in [0.2, 0.25) is 0 Å². The van der Waals surface area contributed by atoms with Gasteiger partial charge in [-0.05, 0) is 60.8 Å². The van der Waals surface area contributed by atoms with Crippen molar-refractivity contribution in [2.24, 2.45) is 0 Å². The van der Waals surface area contributed by atoms with E-state index >= 15 is 0 Å². The summed E-state index contributed by atoms with van der Waals surface area (Å²) in [5, 5.41) is 16.0. The van der Waals surface area contributed by atoms with Crippen molar-refractivity contribution in [1.29, 1.82) is 0 Å². The van der Waals surface area contributed by atoms with Crippen molar-refractivity contribution in [3.8, 4) is 11.5 Å². The first-order valence-corrected chi connectivity index (χ1v) is 8.71. The second-order valence-corrected chi connectivity index (χ2v) is 7.37. The number of benzene rings is 1. The van der Waals surface area contributed by atoms with Gasteiger partial charge in [0.1, 0.15) is 5.60 Å². The zero-order valence-corrected chi connectivity index (χ0v) is 16.5. The lowest BCUT2D eigenvalue weighted by Crippen LogP contribution is -2.43. The number of rotatable bonds is 7. The lowest BCUT2D eigenvalue weighted by Gasteiger charge is -2.23. The van der Waals surface area contributed by atoms with Crippen molar-refractivity contribution in [3.63, 3.8) is 0 Å². The summed E-state index contributed by atoms with van der Waals surface area (Å²) in [6.45, 7) is 8.70. The first-order chi connectivity index (χ1) is 11.2. The van der Waals surface area contributed by atoms with Gasteiger partial charge in [0.2, 0.25) is 0 Å². The van der Waals surface area contributed by atoms with Crippen LogP contribution in [-0.2, 0) is 11.3 Å². The monoisotopic (exact) mass is 402 g/mol. The molecule has 1 rings (SSSR count). The van der Waals surface area contributed by atoms with E-state index in [0.717, 1.165) is 12.0 Å². The van der Waals surface area contributed by atoms with Crippen molar-refractivity contribution in [2.45, 2.75) is 52.3 Å². The molecule has 0 saturated heterocycles. The number of nitrogens with one attached hydrogen (secondary N) is 2. The molecular formula is C17H27BrN2O4. The molecule has 0 aliphatic heterocycles. The molecule has 0 aliphatic carbocycles. The third kappa shape index (κ3) is 6.97. The molecule has 0 aliphatic rings. The maximum Gasteiger partial charge on any atom is 0.407 e. The number of ether oxygens (including phenoxy) is 2. The third-order valence-corrected chi connectivity index (χ3v) is 3.85. The van der Waals surface area contributed by atoms with E-state index in [2.05, 4.69) is 26.6 Å². The number of methoxy groups -OCH3 is 1. The van der Waals surface area contributed by atoms with Crippen LogP contribution in [0.5, 0.6) is 11.5 Å². The van der Waals surface area contributed by atoms with Gasteiger partial charge in [-0.25, -0.2) is 4.79 Å². The Labute approximate surface area is 152 Å². The zero-order valence-electron chi connectivity index (χ0n) is 14.9. The SMILES string of the molecule is CCC(CNCc1cc(Br)c(O)c(OC)c1)NC(=O)OC(C)(C)C. The van der Waals surface area contributed by atoms with Gasteiger partial charge in [0.25, 0.3) is 0 Å². The van der Waals surface area contributed by atoms with Gasteiger partial charge >= 0.3 is 6.09 Å². The molecule has 0 bridgehead atoms. The largest absolute Gasteiger partial charge is 0.503 e. The molecule has 1 aromatic carbocycles. The first-order valence-electron chi connectivity index (χ1n) is 7.91. The van der Waals surface area contributed by atoms with Crippen LogP contribution in [-0.4, -0.2) is 36.5 Å². The third-order valence-electron chi connectivity index (χ3n) is 3.24. The van der Waals surface area contributed by atoms with E-state index in [1.807, 2.05) is 33.8 Å². The Morgan fingerprint density at radius 3 is 2.58 bits per heavy atom. The minimum atomic E-state index is -0.509. The smallest absolute Gasteiger partial charge is 0.407 e. The number of amides is 1. The average Bonchev–Trinajstić information content (AvgIpc) is 2.47. The Bertz CT molecular complexity index is 558. The molecule has 1 unspecified atom stereocenters. The van der Waals surface area contributed by atoms with Crippen LogP contribution >= 0.6 is 15.9 Å². The maximum absolute atomic E-state index is 11.8. The van der Waals surface area contributed by atoms with Crippen molar-refractivity contribution < 1.29 is 19.4 Å². The molecule has 0 fully saturated rings. The molecule has 6 nitrogen and oxygen atoms in total. The molecule has 7 heteroatoms. The van der Waals surface area contributed by atoms with Crippen LogP contribution in [0.3, 0.4) is 0 Å². The van der Waals surface area contributed by atoms with E-state index < -0.39 is 11.7 Å². The number of hydrogen-bond acceptors (Lipinski definition) is 5. The second-order valence-electron chi connectivity index (χ2n) is 6.51. The summed E-state index contributed by atoms with van der Waals surface area (Å²) in [4.78, 5) is 11.8. The van der Waals surface area contributed by atoms with Crippen LogP contribution < -0.4 is 15.4 Å². The van der Waals surface area contributed by atoms with Crippen LogP contribution in [0.25, 0.3) is 0 Å². The molecular weight excluding hydrogens is 376 g/mol. The lowest BCUT2D eigenvalue weighted by molar-refractivity contribution is 0.0502. The molecule has 24 heavy (non-hydrogen) atoms. The van der Waals surface area contributed by atoms with Gasteiger partial charge in [-0.3, -0.25) is 0 Å². The topological polar surface area (TPSA) is 79.8 Å². The van der Waals surface area contributed by atoms with Crippen LogP contribution in [0.1, 0.15) is 39.7 Å². The number of alkyl carbamates (subject to hydrolysis) is 1. The molecule has 0 saturated carbocycles. The van der Waals surface area contributed by atoms with Crippen molar-refractivity contribution in [2.75, 3.05) is 13.7 Å². The maximum atomic E-state index is 11.8. The molecule has 0 aromatic heterocycles. The second kappa shape index (κ2) is 9.13. The lowest BCUT2D eigenvalue weighted by atomic mass is 10.2. The van der Waals surface area contributed by atoms with Gasteiger partial charge in [-0.1, -0.05) is 6.92 Å². The summed E-state index contributed by atoms with van der Waals surface area (Å²) in [6, 6.07) is 3.57. The quantitative estimate of drug-likeness (QED) is 0.649. The van der Waals surface area contributed by atoms with Crippen LogP contribution in [0.15, 0.2) is 16.6 Å². The predicted molar refractivity (Wildman–Crippen MR) is 97.5 cm³/mol. The number of halogens is 1. The molecule has 136 valence electrons. The highest BCUT2D eigenvalue weighted by Gasteiger charge is 2.18. The summed E-state index contributed by atoms with van der Waals surface area (Å²) >= 11 is 3.30. The molecule has 0 spiro atoms. The van der Waals surface area contributed by atoms with E-state index in [9.17, 15) is 9.90 Å². The summed E-state index contributed by atoms with van der Waals surface area (Å²) in [6.07, 6.45) is 0.375. The van der Waals surface area contributed by atoms with Gasteiger partial charge in [-0.15, -0.1) is 0 Å². The number of aromatic hydroxyl groups is 1. The summed E-state index contributed by atoms with van der Waals surface area (Å²) < 4.78 is 11.0. The molecule has 1 atom stereocenters. The summed E-state index contributed by atoms with van der Waals surface area (Å²) in [5.41, 5.74) is 0.452. The minimum absolute atomic E-state index is 0.0256. The van der Waals surface area contributed by atoms with Gasteiger partial charge < -0.3 is 25.2 Å². The number of phenols is 1. The summed E-state index contributed by atoms with van der Waals surface area (Å²) in [7, 11) is 1.51. The zero-order chi connectivity index (χ0) is 18.3. The van der Waals surface area contributed by atoms with Crippen molar-refractivity contribution in [3.05, 3.63) is 22.2 Å². The number of phenolic OH excluding ortho intramolecular Hbond substituents is 1. The van der Waals surface area contributed by atoms with Crippen LogP contribution in [0.4, 0.5) is 4.79 Å². The van der Waals surface area contributed by atoms with E-state index in [-0.39, 0.29) is 11.8 Å². The average molecular weight is 403 g/mol. The minimum Gasteiger partial charge on any atom is -0.503 e. The molecule has 1 aromatic rings. The molecule has 3 N–H and O–H groups in total. The van der Waals surface area contributed by atoms with Gasteiger partial charge in [0.15, 0.2) is 11.5 Å². The van der Waals surface area contributed by atoms with Gasteiger partial charge in [-0.2, -0.15) is 0 Å². The molecule has 0 radical (unpaired) electrons.